The number of hydrogen-bond donors (Lipinski definition) is 2. The van der Waals surface area contributed by atoms with E-state index in [1.807, 2.05) is 12.1 Å². The molecule has 2 N–H and O–H groups in total. The van der Waals surface area contributed by atoms with Gasteiger partial charge in [-0.25, -0.2) is 0 Å². The number of halogens is 1. The van der Waals surface area contributed by atoms with Gasteiger partial charge in [-0.1, -0.05) is 0 Å². The van der Waals surface area contributed by atoms with E-state index in [0.29, 0.717) is 12.6 Å². The van der Waals surface area contributed by atoms with Crippen LogP contribution in [0.4, 0.5) is 0 Å². The molecule has 0 saturated heterocycles. The molecule has 1 aromatic heterocycles. The standard InChI is InChI=1S/C14H25N3O.HI/c1-11(2)16-13(17-14(3,4)5)15-9-8-12-7-6-10-18-12;/h6-7,10-11H,8-9H2,1-5H3,(H2,15,16,17);1H. The fraction of sp³-hybridized carbons (Fsp3) is 0.643. The topological polar surface area (TPSA) is 49.6 Å². The quantitative estimate of drug-likeness (QED) is 0.480. The Kier molecular flexibility index (Phi) is 8.13. The molecule has 5 heteroatoms. The molecule has 19 heavy (non-hydrogen) atoms. The number of aliphatic imine (C=N–C) groups is 1. The minimum atomic E-state index is 0. The van der Waals surface area contributed by atoms with Gasteiger partial charge >= 0.3 is 0 Å². The predicted molar refractivity (Wildman–Crippen MR) is 91.3 cm³/mol. The van der Waals surface area contributed by atoms with Crippen LogP contribution in [0.5, 0.6) is 0 Å². The molecule has 110 valence electrons. The molecule has 0 saturated carbocycles. The van der Waals surface area contributed by atoms with E-state index in [1.54, 1.807) is 6.26 Å². The summed E-state index contributed by atoms with van der Waals surface area (Å²) in [4.78, 5) is 4.56. The van der Waals surface area contributed by atoms with Crippen LogP contribution in [0.25, 0.3) is 0 Å². The first-order valence-corrected chi connectivity index (χ1v) is 6.48. The minimum Gasteiger partial charge on any atom is -0.469 e. The first kappa shape index (κ1) is 18.3. The maximum atomic E-state index is 5.29. The molecular weight excluding hydrogens is 353 g/mol. The van der Waals surface area contributed by atoms with Crippen molar-refractivity contribution in [2.45, 2.75) is 52.6 Å². The Labute approximate surface area is 133 Å². The van der Waals surface area contributed by atoms with Crippen molar-refractivity contribution >= 4 is 29.9 Å². The monoisotopic (exact) mass is 379 g/mol. The zero-order valence-electron chi connectivity index (χ0n) is 12.5. The maximum Gasteiger partial charge on any atom is 0.191 e. The van der Waals surface area contributed by atoms with Gasteiger partial charge in [0.1, 0.15) is 5.76 Å². The normalized spacial score (nSPS) is 12.2. The van der Waals surface area contributed by atoms with Crippen LogP contribution in [0.1, 0.15) is 40.4 Å². The van der Waals surface area contributed by atoms with E-state index in [-0.39, 0.29) is 29.5 Å². The van der Waals surface area contributed by atoms with Crippen molar-refractivity contribution in [1.29, 1.82) is 0 Å². The highest BCUT2D eigenvalue weighted by Gasteiger charge is 2.12. The molecule has 4 nitrogen and oxygen atoms in total. The molecule has 0 aliphatic rings. The second-order valence-electron chi connectivity index (χ2n) is 5.73. The third-order valence-corrected chi connectivity index (χ3v) is 2.13. The number of nitrogens with one attached hydrogen (secondary N) is 2. The summed E-state index contributed by atoms with van der Waals surface area (Å²) in [6.07, 6.45) is 2.52. The lowest BCUT2D eigenvalue weighted by Crippen LogP contribution is -2.49. The first-order chi connectivity index (χ1) is 8.37. The average Bonchev–Trinajstić information content (AvgIpc) is 2.66. The Hall–Kier alpha value is -0.720. The van der Waals surface area contributed by atoms with Crippen LogP contribution in [-0.4, -0.2) is 24.1 Å². The molecule has 1 rings (SSSR count). The van der Waals surface area contributed by atoms with Gasteiger partial charge in [-0.15, -0.1) is 24.0 Å². The first-order valence-electron chi connectivity index (χ1n) is 6.48. The summed E-state index contributed by atoms with van der Waals surface area (Å²) in [5, 5.41) is 6.70. The maximum absolute atomic E-state index is 5.29. The highest BCUT2D eigenvalue weighted by atomic mass is 127. The molecule has 0 spiro atoms. The number of guanidine groups is 1. The number of rotatable bonds is 4. The van der Waals surface area contributed by atoms with Gasteiger partial charge in [0.15, 0.2) is 5.96 Å². The number of furan rings is 1. The predicted octanol–water partition coefficient (Wildman–Crippen LogP) is 3.18. The molecule has 0 aliphatic carbocycles. The van der Waals surface area contributed by atoms with Crippen LogP contribution in [-0.2, 0) is 6.42 Å². The summed E-state index contributed by atoms with van der Waals surface area (Å²) in [5.74, 6) is 1.82. The summed E-state index contributed by atoms with van der Waals surface area (Å²) in [5.41, 5.74) is 0.00536. The Bertz CT molecular complexity index is 367. The van der Waals surface area contributed by atoms with Crippen molar-refractivity contribution in [1.82, 2.24) is 10.6 Å². The van der Waals surface area contributed by atoms with Crippen molar-refractivity contribution in [2.24, 2.45) is 4.99 Å². The zero-order valence-corrected chi connectivity index (χ0v) is 14.8. The van der Waals surface area contributed by atoms with Gasteiger partial charge in [-0.2, -0.15) is 0 Å². The van der Waals surface area contributed by atoms with Crippen LogP contribution in [0.3, 0.4) is 0 Å². The van der Waals surface area contributed by atoms with Crippen molar-refractivity contribution in [3.63, 3.8) is 0 Å². The summed E-state index contributed by atoms with van der Waals surface area (Å²) >= 11 is 0. The van der Waals surface area contributed by atoms with E-state index in [9.17, 15) is 0 Å². The van der Waals surface area contributed by atoms with Crippen LogP contribution in [0, 0.1) is 0 Å². The van der Waals surface area contributed by atoms with Gasteiger partial charge in [0.2, 0.25) is 0 Å². The highest BCUT2D eigenvalue weighted by molar-refractivity contribution is 14.0. The molecule has 1 aromatic rings. The lowest BCUT2D eigenvalue weighted by molar-refractivity contribution is 0.493. The van der Waals surface area contributed by atoms with Crippen molar-refractivity contribution < 1.29 is 4.42 Å². The smallest absolute Gasteiger partial charge is 0.191 e. The van der Waals surface area contributed by atoms with Gasteiger partial charge in [-0.05, 0) is 46.8 Å². The van der Waals surface area contributed by atoms with Gasteiger partial charge in [0, 0.05) is 24.5 Å². The molecule has 0 aliphatic heterocycles. The van der Waals surface area contributed by atoms with Crippen LogP contribution in [0.15, 0.2) is 27.8 Å². The minimum absolute atomic E-state index is 0. The molecule has 0 fully saturated rings. The average molecular weight is 379 g/mol. The van der Waals surface area contributed by atoms with E-state index < -0.39 is 0 Å². The Morgan fingerprint density at radius 3 is 2.53 bits per heavy atom. The molecule has 0 bridgehead atoms. The molecule has 0 amide bonds. The molecule has 0 aromatic carbocycles. The van der Waals surface area contributed by atoms with Gasteiger partial charge in [0.05, 0.1) is 6.26 Å². The van der Waals surface area contributed by atoms with E-state index >= 15 is 0 Å². The molecular formula is C14H26IN3O. The third-order valence-electron chi connectivity index (χ3n) is 2.13. The summed E-state index contributed by atoms with van der Waals surface area (Å²) in [6, 6.07) is 4.24. The summed E-state index contributed by atoms with van der Waals surface area (Å²) in [7, 11) is 0. The van der Waals surface area contributed by atoms with Crippen LogP contribution < -0.4 is 10.6 Å². The Morgan fingerprint density at radius 2 is 2.05 bits per heavy atom. The van der Waals surface area contributed by atoms with E-state index in [0.717, 1.165) is 18.1 Å². The van der Waals surface area contributed by atoms with Crippen molar-refractivity contribution in [3.05, 3.63) is 24.2 Å². The summed E-state index contributed by atoms with van der Waals surface area (Å²) < 4.78 is 5.29. The van der Waals surface area contributed by atoms with Crippen LogP contribution >= 0.6 is 24.0 Å². The second kappa shape index (κ2) is 8.45. The van der Waals surface area contributed by atoms with E-state index in [4.69, 9.17) is 4.42 Å². The fourth-order valence-electron chi connectivity index (χ4n) is 1.48. The number of nitrogens with zero attached hydrogens (tertiary/aromatic N) is 1. The Morgan fingerprint density at radius 1 is 1.37 bits per heavy atom. The fourth-order valence-corrected chi connectivity index (χ4v) is 1.48. The van der Waals surface area contributed by atoms with Gasteiger partial charge in [-0.3, -0.25) is 4.99 Å². The van der Waals surface area contributed by atoms with Gasteiger partial charge in [0.25, 0.3) is 0 Å². The van der Waals surface area contributed by atoms with E-state index in [1.165, 1.54) is 0 Å². The van der Waals surface area contributed by atoms with E-state index in [2.05, 4.69) is 50.2 Å². The number of hydrogen-bond acceptors (Lipinski definition) is 2. The molecule has 0 radical (unpaired) electrons. The summed E-state index contributed by atoms with van der Waals surface area (Å²) in [6.45, 7) is 11.3. The van der Waals surface area contributed by atoms with Crippen molar-refractivity contribution in [2.75, 3.05) is 6.54 Å². The molecule has 1 heterocycles. The third kappa shape index (κ3) is 8.91. The SMILES string of the molecule is CC(C)NC(=NCCc1ccco1)NC(C)(C)C.I. The molecule has 0 unspecified atom stereocenters. The zero-order chi connectivity index (χ0) is 13.6. The molecule has 0 atom stereocenters. The van der Waals surface area contributed by atoms with Crippen LogP contribution in [0.2, 0.25) is 0 Å². The Balaban J connectivity index is 0.00000324. The van der Waals surface area contributed by atoms with Crippen molar-refractivity contribution in [3.8, 4) is 0 Å². The lowest BCUT2D eigenvalue weighted by atomic mass is 10.1. The van der Waals surface area contributed by atoms with Gasteiger partial charge < -0.3 is 15.1 Å². The lowest BCUT2D eigenvalue weighted by Gasteiger charge is -2.25. The highest BCUT2D eigenvalue weighted by Crippen LogP contribution is 2.02. The largest absolute Gasteiger partial charge is 0.469 e. The second-order valence-corrected chi connectivity index (χ2v) is 5.73.